The van der Waals surface area contributed by atoms with E-state index in [1.54, 1.807) is 0 Å². The van der Waals surface area contributed by atoms with Gasteiger partial charge in [-0.15, -0.1) is 11.1 Å². The molecule has 156 valence electrons. The van der Waals surface area contributed by atoms with Crippen molar-refractivity contribution in [3.8, 4) is 11.1 Å². The first-order valence-corrected chi connectivity index (χ1v) is 31.3. The van der Waals surface area contributed by atoms with E-state index in [1.807, 2.05) is 0 Å². The van der Waals surface area contributed by atoms with Gasteiger partial charge in [0.1, 0.15) is 16.1 Å². The highest BCUT2D eigenvalue weighted by Gasteiger charge is 2.73. The van der Waals surface area contributed by atoms with Crippen LogP contribution in [0.2, 0.25) is 89.0 Å². The second-order valence-corrected chi connectivity index (χ2v) is 54.4. The normalized spacial score (nSPS) is 40.4. The largest absolute Gasteiger partial charge is 0.142 e. The lowest BCUT2D eigenvalue weighted by Gasteiger charge is -2.66. The maximum atomic E-state index is 4.60. The lowest BCUT2D eigenvalue weighted by molar-refractivity contribution is 1.20. The van der Waals surface area contributed by atoms with E-state index in [4.69, 9.17) is 0 Å². The Kier molecular flexibility index (Phi) is 6.53. The minimum absolute atomic E-state index is 0.227. The molecule has 3 heterocycles. The third kappa shape index (κ3) is 3.75. The number of rotatable bonds is 0. The van der Waals surface area contributed by atoms with E-state index in [1.165, 1.54) is 17.0 Å². The van der Waals surface area contributed by atoms with Crippen molar-refractivity contribution in [2.24, 2.45) is 0 Å². The smallest absolute Gasteiger partial charge is 0.139 e. The Morgan fingerprint density at radius 3 is 1.41 bits per heavy atom. The lowest BCUT2D eigenvalue weighted by Crippen LogP contribution is -2.84. The van der Waals surface area contributed by atoms with E-state index >= 15 is 0 Å². The van der Waals surface area contributed by atoms with Crippen LogP contribution >= 0.6 is 47.8 Å². The third-order valence-electron chi connectivity index (χ3n) is 7.60. The second-order valence-electron chi connectivity index (χ2n) is 12.7. The van der Waals surface area contributed by atoms with Crippen molar-refractivity contribution < 1.29 is 0 Å². The predicted octanol–water partition coefficient (Wildman–Crippen LogP) is 7.65. The van der Waals surface area contributed by atoms with Crippen LogP contribution in [0.15, 0.2) is 0 Å². The van der Waals surface area contributed by atoms with Gasteiger partial charge in [-0.2, -0.15) is 0 Å². The van der Waals surface area contributed by atoms with Gasteiger partial charge in [0.25, 0.3) is 0 Å². The SMILES string of the molecule is C[Si]1(C)C#C[Si](C)(C)C2(Br)[Si](C)(C)C[Si](C)(C[Si]2(C)C)C(Br)(Br)[Si](C)(C)C1. The van der Waals surface area contributed by atoms with Gasteiger partial charge >= 0.3 is 0 Å². The zero-order valence-electron chi connectivity index (χ0n) is 19.3. The van der Waals surface area contributed by atoms with Crippen molar-refractivity contribution in [3.05, 3.63) is 0 Å². The zero-order chi connectivity index (χ0) is 21.5. The topological polar surface area (TPSA) is 0 Å². The fraction of sp³-hybridized carbons (Fsp3) is 0.889. The van der Waals surface area contributed by atoms with Crippen molar-refractivity contribution in [3.63, 3.8) is 0 Å². The van der Waals surface area contributed by atoms with Gasteiger partial charge in [-0.3, -0.25) is 0 Å². The van der Waals surface area contributed by atoms with Gasteiger partial charge < -0.3 is 0 Å². The van der Waals surface area contributed by atoms with Crippen LogP contribution in [0.5, 0.6) is 0 Å². The van der Waals surface area contributed by atoms with Gasteiger partial charge in [-0.25, -0.2) is 0 Å². The molecule has 0 spiro atoms. The molecule has 3 aliphatic heterocycles. The molecule has 0 atom stereocenters. The van der Waals surface area contributed by atoms with Crippen LogP contribution in [-0.4, -0.2) is 54.1 Å². The molecule has 0 nitrogen and oxygen atoms in total. The maximum absolute atomic E-state index is 4.60. The third-order valence-corrected chi connectivity index (χ3v) is 75.8. The maximum Gasteiger partial charge on any atom is 0.142 e. The fourth-order valence-electron chi connectivity index (χ4n) is 7.58. The second kappa shape index (κ2) is 6.90. The first kappa shape index (κ1) is 25.6. The summed E-state index contributed by atoms with van der Waals surface area (Å²) in [6.07, 6.45) is 0. The Balaban J connectivity index is 2.92. The number of hydrogen-bond donors (Lipinski definition) is 0. The highest BCUT2D eigenvalue weighted by atomic mass is 79.9. The molecule has 3 rings (SSSR count). The predicted molar refractivity (Wildman–Crippen MR) is 153 cm³/mol. The molecule has 27 heavy (non-hydrogen) atoms. The van der Waals surface area contributed by atoms with Crippen LogP contribution in [-0.2, 0) is 0 Å². The van der Waals surface area contributed by atoms with Crippen molar-refractivity contribution in [1.82, 2.24) is 0 Å². The summed E-state index contributed by atoms with van der Waals surface area (Å²) in [6.45, 7) is 29.1. The fourth-order valence-corrected chi connectivity index (χ4v) is 85.1. The van der Waals surface area contributed by atoms with Gasteiger partial charge in [0, 0.05) is 3.19 Å². The Hall–Kier alpha value is 2.30. The standard InChI is InChI=1S/C18H39Br3Si6/c1-22(2)12-13-23(3,4)18(21)25(7,8)15-27(11,16-26(18,9)10)17(19,20)24(5,6)14-22/h14-16H2,1-11H3. The minimum Gasteiger partial charge on any atom is -0.139 e. The molecule has 0 aromatic carbocycles. The van der Waals surface area contributed by atoms with Gasteiger partial charge in [0.15, 0.2) is 0 Å². The molecule has 2 bridgehead atoms. The molecule has 3 aliphatic rings. The molecular formula is C18H39Br3Si6. The molecule has 1 saturated heterocycles. The lowest BCUT2D eigenvalue weighted by atomic mass is 11.3. The van der Waals surface area contributed by atoms with E-state index in [0.717, 1.165) is 0 Å². The number of alkyl halides is 3. The molecule has 1 fully saturated rings. The van der Waals surface area contributed by atoms with Crippen molar-refractivity contribution >= 4 is 96.2 Å². The average molecular weight is 664 g/mol. The van der Waals surface area contributed by atoms with Crippen LogP contribution in [0, 0.1) is 11.1 Å². The zero-order valence-corrected chi connectivity index (χ0v) is 30.0. The van der Waals surface area contributed by atoms with Gasteiger partial charge in [-0.05, 0) is 5.67 Å². The van der Waals surface area contributed by atoms with Gasteiger partial charge in [0.05, 0.1) is 34.8 Å². The van der Waals surface area contributed by atoms with E-state index in [9.17, 15) is 0 Å². The summed E-state index contributed by atoms with van der Waals surface area (Å²) in [5, 5.41) is 0. The summed E-state index contributed by atoms with van der Waals surface area (Å²) in [7, 11) is -9.39. The minimum atomic E-state index is -1.73. The van der Waals surface area contributed by atoms with Crippen LogP contribution in [0.25, 0.3) is 0 Å². The quantitative estimate of drug-likeness (QED) is 0.142. The van der Waals surface area contributed by atoms with Crippen molar-refractivity contribution in [2.75, 3.05) is 0 Å². The molecule has 0 aromatic heterocycles. The van der Waals surface area contributed by atoms with Crippen LogP contribution < -0.4 is 0 Å². The summed E-state index contributed by atoms with van der Waals surface area (Å²) < 4.78 is 0.626. The van der Waals surface area contributed by atoms with Crippen molar-refractivity contribution in [2.45, 2.75) is 94.7 Å². The highest BCUT2D eigenvalue weighted by molar-refractivity contribution is 9.27. The molecule has 0 N–H and O–H groups in total. The molecule has 0 saturated carbocycles. The Bertz CT molecular complexity index is 682. The van der Waals surface area contributed by atoms with Crippen LogP contribution in [0.1, 0.15) is 0 Å². The van der Waals surface area contributed by atoms with E-state index in [0.29, 0.717) is 3.19 Å². The average Bonchev–Trinajstić information content (AvgIpc) is 2.39. The number of halogens is 3. The van der Waals surface area contributed by atoms with Crippen molar-refractivity contribution in [1.29, 1.82) is 0 Å². The summed E-state index contributed by atoms with van der Waals surface area (Å²) >= 11 is 13.5. The molecule has 0 amide bonds. The summed E-state index contributed by atoms with van der Waals surface area (Å²) in [5.74, 6) is 0. The van der Waals surface area contributed by atoms with E-state index in [2.05, 4.69) is 131 Å². The first-order valence-electron chi connectivity index (χ1n) is 10.2. The Labute approximate surface area is 200 Å². The molecule has 0 aliphatic carbocycles. The summed E-state index contributed by atoms with van der Waals surface area (Å²) in [5.41, 5.74) is 12.5. The molecule has 0 radical (unpaired) electrons. The summed E-state index contributed by atoms with van der Waals surface area (Å²) in [4.78, 5) is 0. The molecule has 0 unspecified atom stereocenters. The highest BCUT2D eigenvalue weighted by Crippen LogP contribution is 2.61. The monoisotopic (exact) mass is 660 g/mol. The van der Waals surface area contributed by atoms with Crippen LogP contribution in [0.3, 0.4) is 0 Å². The van der Waals surface area contributed by atoms with Gasteiger partial charge in [-0.1, -0.05) is 131 Å². The molecular weight excluding hydrogens is 624 g/mol. The first-order chi connectivity index (χ1) is 11.6. The van der Waals surface area contributed by atoms with Gasteiger partial charge in [0.2, 0.25) is 0 Å². The van der Waals surface area contributed by atoms with E-state index in [-0.39, 0.29) is 2.48 Å². The van der Waals surface area contributed by atoms with Crippen LogP contribution in [0.4, 0.5) is 0 Å². The molecule has 9 heteroatoms. The Morgan fingerprint density at radius 1 is 0.593 bits per heavy atom. The number of hydrogen-bond acceptors (Lipinski definition) is 0. The number of fused-ring (bicyclic) bond motifs is 7. The summed E-state index contributed by atoms with van der Waals surface area (Å²) in [6, 6.07) is 0. The molecule has 0 aromatic rings. The Morgan fingerprint density at radius 2 is 1.00 bits per heavy atom. The van der Waals surface area contributed by atoms with E-state index < -0.39 is 48.4 Å².